The smallest absolute Gasteiger partial charge is 0.295 e. The van der Waals surface area contributed by atoms with Gasteiger partial charge in [-0.15, -0.1) is 0 Å². The van der Waals surface area contributed by atoms with Crippen molar-refractivity contribution < 1.29 is 9.53 Å². The summed E-state index contributed by atoms with van der Waals surface area (Å²) in [7, 11) is 1.62. The molecule has 0 radical (unpaired) electrons. The number of amides is 1. The van der Waals surface area contributed by atoms with Crippen molar-refractivity contribution in [3.05, 3.63) is 58.5 Å². The number of hydrogen-bond donors (Lipinski definition) is 1. The van der Waals surface area contributed by atoms with E-state index in [1.54, 1.807) is 17.9 Å². The minimum absolute atomic E-state index is 0.0196. The van der Waals surface area contributed by atoms with Crippen molar-refractivity contribution in [3.63, 3.8) is 0 Å². The Morgan fingerprint density at radius 2 is 2.10 bits per heavy atom. The lowest BCUT2D eigenvalue weighted by molar-refractivity contribution is -0.125. The van der Waals surface area contributed by atoms with Crippen LogP contribution in [-0.2, 0) is 17.9 Å². The monoisotopic (exact) mass is 421 g/mol. The highest BCUT2D eigenvalue weighted by atomic mass is 16.5. The Morgan fingerprint density at radius 3 is 2.90 bits per heavy atom. The second-order valence-electron chi connectivity index (χ2n) is 7.65. The lowest BCUT2D eigenvalue weighted by atomic mass is 9.97. The van der Waals surface area contributed by atoms with E-state index >= 15 is 0 Å². The van der Waals surface area contributed by atoms with Gasteiger partial charge in [0.1, 0.15) is 11.3 Å². The fourth-order valence-corrected chi connectivity index (χ4v) is 4.12. The van der Waals surface area contributed by atoms with Crippen molar-refractivity contribution in [1.29, 1.82) is 0 Å². The third kappa shape index (κ3) is 4.23. The Labute approximate surface area is 180 Å². The number of methoxy groups -OCH3 is 1. The van der Waals surface area contributed by atoms with Gasteiger partial charge in [0.15, 0.2) is 11.5 Å². The molecule has 1 atom stereocenters. The number of anilines is 1. The molecule has 162 valence electrons. The number of piperidine rings is 1. The number of para-hydroxylation sites is 1. The van der Waals surface area contributed by atoms with Crippen LogP contribution in [-0.4, -0.2) is 40.6 Å². The lowest BCUT2D eigenvalue weighted by Gasteiger charge is -2.32. The molecule has 1 amide bonds. The quantitative estimate of drug-likeness (QED) is 0.657. The molecule has 0 spiro atoms. The highest BCUT2D eigenvalue weighted by Gasteiger charge is 2.28. The minimum Gasteiger partial charge on any atom is -0.496 e. The topological polar surface area (TPSA) is 89.4 Å². The predicted octanol–water partition coefficient (Wildman–Crippen LogP) is 2.35. The Bertz CT molecular complexity index is 1140. The SMILES string of the molecule is CCn1c(=O)c(N2CCC[C@H](C(=O)NCc3ccccc3OC)C2)nc2cccnc21. The van der Waals surface area contributed by atoms with Gasteiger partial charge in [-0.05, 0) is 38.0 Å². The molecule has 0 unspecified atom stereocenters. The van der Waals surface area contributed by atoms with Crippen LogP contribution in [0.3, 0.4) is 0 Å². The summed E-state index contributed by atoms with van der Waals surface area (Å²) < 4.78 is 7.00. The van der Waals surface area contributed by atoms with Gasteiger partial charge >= 0.3 is 0 Å². The number of aryl methyl sites for hydroxylation is 1. The molecule has 1 N–H and O–H groups in total. The van der Waals surface area contributed by atoms with Gasteiger partial charge in [0, 0.05) is 37.9 Å². The van der Waals surface area contributed by atoms with Crippen LogP contribution in [0.25, 0.3) is 11.2 Å². The largest absolute Gasteiger partial charge is 0.496 e. The Morgan fingerprint density at radius 1 is 1.26 bits per heavy atom. The van der Waals surface area contributed by atoms with Crippen LogP contribution in [0, 0.1) is 5.92 Å². The van der Waals surface area contributed by atoms with Gasteiger partial charge in [-0.1, -0.05) is 18.2 Å². The summed E-state index contributed by atoms with van der Waals surface area (Å²) >= 11 is 0. The number of hydrogen-bond acceptors (Lipinski definition) is 6. The number of carbonyl (C=O) groups excluding carboxylic acids is 1. The first-order valence-electron chi connectivity index (χ1n) is 10.6. The normalized spacial score (nSPS) is 16.3. The zero-order valence-electron chi connectivity index (χ0n) is 17.9. The predicted molar refractivity (Wildman–Crippen MR) is 119 cm³/mol. The van der Waals surface area contributed by atoms with E-state index in [2.05, 4.69) is 15.3 Å². The Balaban J connectivity index is 1.52. The lowest BCUT2D eigenvalue weighted by Crippen LogP contribution is -2.45. The number of benzene rings is 1. The average molecular weight is 422 g/mol. The molecule has 0 saturated carbocycles. The number of carbonyl (C=O) groups is 1. The molecule has 1 saturated heterocycles. The molecule has 0 aliphatic carbocycles. The van der Waals surface area contributed by atoms with Crippen LogP contribution >= 0.6 is 0 Å². The van der Waals surface area contributed by atoms with Gasteiger partial charge in [-0.2, -0.15) is 0 Å². The molecule has 0 bridgehead atoms. The van der Waals surface area contributed by atoms with Crippen molar-refractivity contribution in [3.8, 4) is 5.75 Å². The Kier molecular flexibility index (Phi) is 6.16. The number of ether oxygens (including phenoxy) is 1. The molecule has 1 aliphatic heterocycles. The number of fused-ring (bicyclic) bond motifs is 1. The molecular weight excluding hydrogens is 394 g/mol. The maximum Gasteiger partial charge on any atom is 0.295 e. The summed E-state index contributed by atoms with van der Waals surface area (Å²) in [6.07, 6.45) is 3.27. The van der Waals surface area contributed by atoms with Crippen LogP contribution in [0.4, 0.5) is 5.82 Å². The van der Waals surface area contributed by atoms with Gasteiger partial charge in [0.2, 0.25) is 5.91 Å². The third-order valence-electron chi connectivity index (χ3n) is 5.74. The molecule has 31 heavy (non-hydrogen) atoms. The maximum absolute atomic E-state index is 13.1. The second kappa shape index (κ2) is 9.16. The molecule has 1 fully saturated rings. The van der Waals surface area contributed by atoms with Crippen LogP contribution < -0.4 is 20.5 Å². The van der Waals surface area contributed by atoms with Crippen molar-refractivity contribution in [1.82, 2.24) is 19.9 Å². The summed E-state index contributed by atoms with van der Waals surface area (Å²) in [4.78, 5) is 36.8. The molecule has 2 aromatic heterocycles. The molecule has 3 aromatic rings. The van der Waals surface area contributed by atoms with E-state index in [-0.39, 0.29) is 17.4 Å². The van der Waals surface area contributed by atoms with Gasteiger partial charge in [0.05, 0.1) is 13.0 Å². The molecule has 1 aromatic carbocycles. The molecule has 8 nitrogen and oxygen atoms in total. The van der Waals surface area contributed by atoms with Gasteiger partial charge in [-0.3, -0.25) is 14.2 Å². The molecule has 1 aliphatic rings. The first-order valence-corrected chi connectivity index (χ1v) is 10.6. The minimum atomic E-state index is -0.204. The van der Waals surface area contributed by atoms with Crippen LogP contribution in [0.2, 0.25) is 0 Å². The van der Waals surface area contributed by atoms with Crippen molar-refractivity contribution >= 4 is 22.9 Å². The van der Waals surface area contributed by atoms with E-state index < -0.39 is 0 Å². The van der Waals surface area contributed by atoms with Crippen LogP contribution in [0.15, 0.2) is 47.4 Å². The number of nitrogens with one attached hydrogen (secondary N) is 1. The van der Waals surface area contributed by atoms with E-state index in [1.165, 1.54) is 0 Å². The van der Waals surface area contributed by atoms with E-state index in [0.29, 0.717) is 43.2 Å². The van der Waals surface area contributed by atoms with Crippen molar-refractivity contribution in [2.75, 3.05) is 25.1 Å². The van der Waals surface area contributed by atoms with Gasteiger partial charge in [0.25, 0.3) is 5.56 Å². The summed E-state index contributed by atoms with van der Waals surface area (Å²) in [6.45, 7) is 4.01. The van der Waals surface area contributed by atoms with Crippen LogP contribution in [0.1, 0.15) is 25.3 Å². The fraction of sp³-hybridized carbons (Fsp3) is 0.391. The maximum atomic E-state index is 13.1. The molecule has 3 heterocycles. The number of rotatable bonds is 6. The third-order valence-corrected chi connectivity index (χ3v) is 5.74. The first-order chi connectivity index (χ1) is 15.1. The number of pyridine rings is 1. The van der Waals surface area contributed by atoms with Gasteiger partial charge in [-0.25, -0.2) is 9.97 Å². The first kappa shape index (κ1) is 20.8. The highest BCUT2D eigenvalue weighted by molar-refractivity contribution is 5.80. The molecule has 4 rings (SSSR count). The molecular formula is C23H27N5O3. The molecule has 8 heteroatoms. The van der Waals surface area contributed by atoms with E-state index in [4.69, 9.17) is 4.74 Å². The summed E-state index contributed by atoms with van der Waals surface area (Å²) in [5.41, 5.74) is 2.04. The van der Waals surface area contributed by atoms with E-state index in [0.717, 1.165) is 24.2 Å². The average Bonchev–Trinajstić information content (AvgIpc) is 2.82. The highest BCUT2D eigenvalue weighted by Crippen LogP contribution is 2.22. The second-order valence-corrected chi connectivity index (χ2v) is 7.65. The zero-order valence-corrected chi connectivity index (χ0v) is 17.9. The van der Waals surface area contributed by atoms with E-state index in [9.17, 15) is 9.59 Å². The fourth-order valence-electron chi connectivity index (χ4n) is 4.12. The van der Waals surface area contributed by atoms with Crippen LogP contribution in [0.5, 0.6) is 5.75 Å². The zero-order chi connectivity index (χ0) is 21.8. The summed E-state index contributed by atoms with van der Waals surface area (Å²) in [5, 5.41) is 3.02. The van der Waals surface area contributed by atoms with E-state index in [1.807, 2.05) is 48.2 Å². The van der Waals surface area contributed by atoms with Crippen molar-refractivity contribution in [2.45, 2.75) is 32.9 Å². The Hall–Kier alpha value is -3.42. The number of aromatic nitrogens is 3. The van der Waals surface area contributed by atoms with Gasteiger partial charge < -0.3 is 15.0 Å². The standard InChI is InChI=1S/C23H27N5O3/c1-3-28-20-18(10-6-12-24-20)26-21(23(28)30)27-13-7-9-17(15-27)22(29)25-14-16-8-4-5-11-19(16)31-2/h4-6,8,10-12,17H,3,7,9,13-15H2,1-2H3,(H,25,29)/t17-/m0/s1. The van der Waals surface area contributed by atoms with Crippen molar-refractivity contribution in [2.24, 2.45) is 5.92 Å². The summed E-state index contributed by atoms with van der Waals surface area (Å²) in [5.74, 6) is 0.921. The number of nitrogens with zero attached hydrogens (tertiary/aromatic N) is 4. The summed E-state index contributed by atoms with van der Waals surface area (Å²) in [6, 6.07) is 11.3.